The highest BCUT2D eigenvalue weighted by molar-refractivity contribution is 7.93. The lowest BCUT2D eigenvalue weighted by atomic mass is 10.2. The van der Waals surface area contributed by atoms with E-state index in [1.807, 2.05) is 0 Å². The van der Waals surface area contributed by atoms with E-state index < -0.39 is 63.9 Å². The minimum absolute atomic E-state index is 0.0323. The highest BCUT2D eigenvalue weighted by Gasteiger charge is 2.29. The molecule has 1 aromatic rings. The second kappa shape index (κ2) is 11.2. The predicted molar refractivity (Wildman–Crippen MR) is 113 cm³/mol. The Morgan fingerprint density at radius 1 is 1.12 bits per heavy atom. The lowest BCUT2D eigenvalue weighted by molar-refractivity contribution is -0.134. The first kappa shape index (κ1) is 28.7. The molecule has 0 aliphatic heterocycles. The molecule has 0 spiro atoms. The summed E-state index contributed by atoms with van der Waals surface area (Å²) in [6, 6.07) is -0.973. The number of rotatable bonds is 8. The van der Waals surface area contributed by atoms with Crippen molar-refractivity contribution in [3.05, 3.63) is 12.2 Å². The molecule has 0 bridgehead atoms. The van der Waals surface area contributed by atoms with Crippen molar-refractivity contribution in [3.8, 4) is 0 Å². The van der Waals surface area contributed by atoms with E-state index in [1.54, 1.807) is 41.5 Å². The number of hydrogen-bond acceptors (Lipinski definition) is 8. The lowest BCUT2D eigenvalue weighted by Gasteiger charge is -2.22. The fraction of sp³-hybridized carbons (Fsp3) is 0.789. The Bertz CT molecular complexity index is 898. The molecule has 0 radical (unpaired) electrons. The molecule has 0 aromatic carbocycles. The molecule has 1 rings (SSSR count). The first-order chi connectivity index (χ1) is 14.9. The third-order valence-electron chi connectivity index (χ3n) is 3.65. The van der Waals surface area contributed by atoms with Crippen molar-refractivity contribution in [1.29, 1.82) is 0 Å². The third kappa shape index (κ3) is 13.0. The first-order valence-corrected chi connectivity index (χ1v) is 12.0. The van der Waals surface area contributed by atoms with Crippen molar-refractivity contribution < 1.29 is 41.0 Å². The first-order valence-electron chi connectivity index (χ1n) is 10.2. The Hall–Kier alpha value is -2.38. The molecule has 0 aliphatic rings. The Kier molecular flexibility index (Phi) is 9.69. The van der Waals surface area contributed by atoms with Gasteiger partial charge in [0.25, 0.3) is 0 Å². The maximum absolute atomic E-state index is 13.3. The fourth-order valence-corrected chi connectivity index (χ4v) is 4.35. The number of nitrogens with zero attached hydrogens (tertiary/aromatic N) is 3. The SMILES string of the molecule is CC(C)(C)OC(=O)N=S(=O)(CCCC(F)(F)F)CC[C@H](NC(=O)OC(C)(C)C)c1ncno1. The molecule has 0 saturated heterocycles. The summed E-state index contributed by atoms with van der Waals surface area (Å²) in [7, 11) is -3.47. The molecule has 1 aromatic heterocycles. The number of alkyl halides is 3. The number of aromatic nitrogens is 2. The normalized spacial score (nSPS) is 15.3. The Morgan fingerprint density at radius 2 is 1.73 bits per heavy atom. The van der Waals surface area contributed by atoms with Crippen molar-refractivity contribution in [3.63, 3.8) is 0 Å². The fourth-order valence-electron chi connectivity index (χ4n) is 2.45. The molecule has 1 heterocycles. The standard InChI is InChI=1S/C19H31F3N4O6S/c1-17(2,3)30-15(27)25-13(14-23-12-24-32-14)8-11-33(29,10-7-9-19(20,21)22)26-16(28)31-18(4,5)6/h12-13H,7-11H2,1-6H3,(H,25,27)/t13-,33?/m0/s1. The molecule has 190 valence electrons. The van der Waals surface area contributed by atoms with E-state index in [1.165, 1.54) is 0 Å². The van der Waals surface area contributed by atoms with E-state index in [0.717, 1.165) is 6.33 Å². The van der Waals surface area contributed by atoms with Gasteiger partial charge in [-0.3, -0.25) is 0 Å². The third-order valence-corrected chi connectivity index (χ3v) is 5.93. The second-order valence-electron chi connectivity index (χ2n) is 9.24. The van der Waals surface area contributed by atoms with Crippen LogP contribution in [0.2, 0.25) is 0 Å². The summed E-state index contributed by atoms with van der Waals surface area (Å²) in [6.45, 7) is 9.68. The summed E-state index contributed by atoms with van der Waals surface area (Å²) >= 11 is 0. The van der Waals surface area contributed by atoms with E-state index in [2.05, 4.69) is 19.8 Å². The number of ether oxygens (including phenoxy) is 2. The average Bonchev–Trinajstić information content (AvgIpc) is 3.08. The lowest BCUT2D eigenvalue weighted by Crippen LogP contribution is -2.36. The zero-order chi connectivity index (χ0) is 25.5. The predicted octanol–water partition coefficient (Wildman–Crippen LogP) is 4.77. The van der Waals surface area contributed by atoms with Crippen LogP contribution in [-0.4, -0.2) is 55.4 Å². The number of carbonyl (C=O) groups excluding carboxylic acids is 2. The van der Waals surface area contributed by atoms with Gasteiger partial charge < -0.3 is 19.3 Å². The van der Waals surface area contributed by atoms with Crippen LogP contribution in [0.4, 0.5) is 22.8 Å². The summed E-state index contributed by atoms with van der Waals surface area (Å²) in [6.07, 6.45) is -7.14. The Balaban J connectivity index is 3.07. The Morgan fingerprint density at radius 3 is 2.21 bits per heavy atom. The number of alkyl carbamates (subject to hydrolysis) is 1. The molecule has 1 unspecified atom stereocenters. The van der Waals surface area contributed by atoms with Gasteiger partial charge in [-0.2, -0.15) is 18.2 Å². The monoisotopic (exact) mass is 500 g/mol. The van der Waals surface area contributed by atoms with E-state index in [4.69, 9.17) is 14.0 Å². The van der Waals surface area contributed by atoms with Crippen molar-refractivity contribution in [2.75, 3.05) is 11.5 Å². The van der Waals surface area contributed by atoms with Crippen LogP contribution in [-0.2, 0) is 19.2 Å². The van der Waals surface area contributed by atoms with E-state index in [-0.39, 0.29) is 18.1 Å². The number of carbonyl (C=O) groups is 2. The molecular weight excluding hydrogens is 469 g/mol. The van der Waals surface area contributed by atoms with Gasteiger partial charge >= 0.3 is 18.4 Å². The maximum atomic E-state index is 13.3. The largest absolute Gasteiger partial charge is 0.444 e. The molecule has 0 aliphatic carbocycles. The second-order valence-corrected chi connectivity index (χ2v) is 11.8. The average molecular weight is 501 g/mol. The van der Waals surface area contributed by atoms with Crippen LogP contribution in [0.3, 0.4) is 0 Å². The summed E-state index contributed by atoms with van der Waals surface area (Å²) in [5.41, 5.74) is -1.74. The zero-order valence-electron chi connectivity index (χ0n) is 19.5. The Labute approximate surface area is 191 Å². The van der Waals surface area contributed by atoms with Crippen molar-refractivity contribution in [2.45, 2.75) is 84.2 Å². The molecule has 2 amide bonds. The van der Waals surface area contributed by atoms with Gasteiger partial charge in [0, 0.05) is 17.9 Å². The summed E-state index contributed by atoms with van der Waals surface area (Å²) in [4.78, 5) is 28.2. The van der Waals surface area contributed by atoms with E-state index in [9.17, 15) is 27.0 Å². The maximum Gasteiger partial charge on any atom is 0.442 e. The van der Waals surface area contributed by atoms with Gasteiger partial charge in [-0.05, 0) is 54.4 Å². The highest BCUT2D eigenvalue weighted by atomic mass is 32.2. The van der Waals surface area contributed by atoms with Crippen LogP contribution < -0.4 is 5.32 Å². The molecule has 2 atom stereocenters. The van der Waals surface area contributed by atoms with Crippen molar-refractivity contribution >= 4 is 21.9 Å². The van der Waals surface area contributed by atoms with Gasteiger partial charge in [0.05, 0.1) is 9.73 Å². The molecular formula is C19H31F3N4O6S. The van der Waals surface area contributed by atoms with Crippen LogP contribution in [0.25, 0.3) is 0 Å². The van der Waals surface area contributed by atoms with Gasteiger partial charge in [0.15, 0.2) is 6.33 Å². The van der Waals surface area contributed by atoms with Crippen LogP contribution in [0.1, 0.15) is 72.7 Å². The van der Waals surface area contributed by atoms with Crippen LogP contribution in [0.5, 0.6) is 0 Å². The summed E-state index contributed by atoms with van der Waals surface area (Å²) < 4.78 is 69.9. The van der Waals surface area contributed by atoms with Gasteiger partial charge in [-0.1, -0.05) is 5.16 Å². The van der Waals surface area contributed by atoms with Crippen molar-refractivity contribution in [1.82, 2.24) is 15.5 Å². The minimum atomic E-state index is -4.45. The number of nitrogens with one attached hydrogen (secondary N) is 1. The van der Waals surface area contributed by atoms with Gasteiger partial charge in [-0.15, -0.1) is 4.36 Å². The molecule has 10 nitrogen and oxygen atoms in total. The smallest absolute Gasteiger partial charge is 0.442 e. The number of amides is 2. The molecule has 0 fully saturated rings. The quantitative estimate of drug-likeness (QED) is 0.540. The number of hydrogen-bond donors (Lipinski definition) is 1. The van der Waals surface area contributed by atoms with Crippen molar-refractivity contribution in [2.24, 2.45) is 4.36 Å². The van der Waals surface area contributed by atoms with Crippen LogP contribution >= 0.6 is 0 Å². The number of halogens is 3. The zero-order valence-corrected chi connectivity index (χ0v) is 20.3. The topological polar surface area (TPSA) is 133 Å². The molecule has 14 heteroatoms. The van der Waals surface area contributed by atoms with Gasteiger partial charge in [0.2, 0.25) is 5.89 Å². The van der Waals surface area contributed by atoms with E-state index >= 15 is 0 Å². The molecule has 33 heavy (non-hydrogen) atoms. The van der Waals surface area contributed by atoms with E-state index in [0.29, 0.717) is 0 Å². The molecule has 0 saturated carbocycles. The molecule has 1 N–H and O–H groups in total. The van der Waals surface area contributed by atoms with Crippen LogP contribution in [0, 0.1) is 0 Å². The highest BCUT2D eigenvalue weighted by Crippen LogP contribution is 2.23. The van der Waals surface area contributed by atoms with Gasteiger partial charge in [0.1, 0.15) is 17.2 Å². The van der Waals surface area contributed by atoms with Crippen LogP contribution in [0.15, 0.2) is 15.2 Å². The van der Waals surface area contributed by atoms with Gasteiger partial charge in [-0.25, -0.2) is 13.8 Å². The minimum Gasteiger partial charge on any atom is -0.444 e. The summed E-state index contributed by atoms with van der Waals surface area (Å²) in [5.74, 6) is -0.864. The summed E-state index contributed by atoms with van der Waals surface area (Å²) in [5, 5.41) is 5.96.